The summed E-state index contributed by atoms with van der Waals surface area (Å²) in [5.41, 5.74) is 8.02. The molecule has 2 rings (SSSR count). The summed E-state index contributed by atoms with van der Waals surface area (Å²) in [5.74, 6) is 0.419. The first kappa shape index (κ1) is 14.3. The maximum atomic E-state index is 11.9. The molecule has 5 heteroatoms. The van der Waals surface area contributed by atoms with E-state index < -0.39 is 0 Å². The minimum Gasteiger partial charge on any atom is -0.467 e. The van der Waals surface area contributed by atoms with Gasteiger partial charge in [-0.15, -0.1) is 0 Å². The zero-order valence-electron chi connectivity index (χ0n) is 11.4. The molecule has 0 saturated heterocycles. The number of carbonyl (C=O) groups is 1. The smallest absolute Gasteiger partial charge is 0.254 e. The van der Waals surface area contributed by atoms with Crippen LogP contribution in [0.2, 0.25) is 0 Å². The summed E-state index contributed by atoms with van der Waals surface area (Å²) in [5, 5.41) is 2.84. The van der Waals surface area contributed by atoms with Gasteiger partial charge in [0.2, 0.25) is 0 Å². The first-order chi connectivity index (χ1) is 9.72. The fourth-order valence-corrected chi connectivity index (χ4v) is 1.89. The number of rotatable bonds is 6. The van der Waals surface area contributed by atoms with Gasteiger partial charge in [0.1, 0.15) is 12.0 Å². The molecule has 0 saturated carbocycles. The minimum atomic E-state index is -0.175. The van der Waals surface area contributed by atoms with Crippen molar-refractivity contribution < 1.29 is 13.9 Å². The lowest BCUT2D eigenvalue weighted by Crippen LogP contribution is -2.22. The van der Waals surface area contributed by atoms with Gasteiger partial charge < -0.3 is 20.2 Å². The number of hydrogen-bond acceptors (Lipinski definition) is 4. The Morgan fingerprint density at radius 3 is 2.85 bits per heavy atom. The molecule has 106 valence electrons. The second-order valence-corrected chi connectivity index (χ2v) is 4.44. The van der Waals surface area contributed by atoms with E-state index in [2.05, 4.69) is 5.32 Å². The Labute approximate surface area is 117 Å². The number of amides is 1. The molecule has 1 heterocycles. The predicted molar refractivity (Wildman–Crippen MR) is 74.9 cm³/mol. The molecule has 20 heavy (non-hydrogen) atoms. The lowest BCUT2D eigenvalue weighted by molar-refractivity contribution is 0.0950. The topological polar surface area (TPSA) is 77.5 Å². The maximum absolute atomic E-state index is 11.9. The van der Waals surface area contributed by atoms with Gasteiger partial charge in [-0.2, -0.15) is 0 Å². The number of carbonyl (C=O) groups excluding carboxylic acids is 1. The monoisotopic (exact) mass is 274 g/mol. The Balaban J connectivity index is 1.94. The number of hydrogen-bond donors (Lipinski definition) is 2. The van der Waals surface area contributed by atoms with Crippen LogP contribution in [0.15, 0.2) is 41.0 Å². The summed E-state index contributed by atoms with van der Waals surface area (Å²) in [4.78, 5) is 11.9. The quantitative estimate of drug-likeness (QED) is 0.842. The number of nitrogens with one attached hydrogen (secondary N) is 1. The van der Waals surface area contributed by atoms with E-state index in [1.165, 1.54) is 6.26 Å². The van der Waals surface area contributed by atoms with Crippen LogP contribution in [0.1, 0.15) is 27.2 Å². The van der Waals surface area contributed by atoms with Crippen molar-refractivity contribution in [3.63, 3.8) is 0 Å². The van der Waals surface area contributed by atoms with Crippen molar-refractivity contribution >= 4 is 5.91 Å². The van der Waals surface area contributed by atoms with Crippen molar-refractivity contribution in [2.75, 3.05) is 7.11 Å². The van der Waals surface area contributed by atoms with Crippen LogP contribution >= 0.6 is 0 Å². The molecule has 0 fully saturated rings. The van der Waals surface area contributed by atoms with Crippen LogP contribution in [0.25, 0.3) is 0 Å². The van der Waals surface area contributed by atoms with Gasteiger partial charge in [0.05, 0.1) is 18.7 Å². The summed E-state index contributed by atoms with van der Waals surface area (Å²) in [6, 6.07) is 9.54. The van der Waals surface area contributed by atoms with E-state index in [1.54, 1.807) is 13.2 Å². The molecule has 0 aliphatic heterocycles. The second-order valence-electron chi connectivity index (χ2n) is 4.44. The summed E-state index contributed by atoms with van der Waals surface area (Å²) >= 11 is 0. The molecule has 0 unspecified atom stereocenters. The van der Waals surface area contributed by atoms with Gasteiger partial charge in [0.25, 0.3) is 5.91 Å². The van der Waals surface area contributed by atoms with Gasteiger partial charge >= 0.3 is 0 Å². The van der Waals surface area contributed by atoms with Crippen molar-refractivity contribution in [3.05, 3.63) is 59.0 Å². The molecule has 5 nitrogen and oxygen atoms in total. The highest BCUT2D eigenvalue weighted by molar-refractivity contribution is 5.93. The second kappa shape index (κ2) is 6.88. The fraction of sp³-hybridized carbons (Fsp3) is 0.267. The van der Waals surface area contributed by atoms with E-state index in [4.69, 9.17) is 14.9 Å². The molecule has 1 amide bonds. The van der Waals surface area contributed by atoms with Crippen LogP contribution in [0.4, 0.5) is 0 Å². The Bertz CT molecular complexity index is 578. The molecule has 0 radical (unpaired) electrons. The van der Waals surface area contributed by atoms with Gasteiger partial charge in [-0.05, 0) is 17.2 Å². The average Bonchev–Trinajstić information content (AvgIpc) is 2.94. The third-order valence-electron chi connectivity index (χ3n) is 2.87. The maximum Gasteiger partial charge on any atom is 0.254 e. The lowest BCUT2D eigenvalue weighted by atomic mass is 10.1. The van der Waals surface area contributed by atoms with Crippen molar-refractivity contribution in [2.45, 2.75) is 19.7 Å². The van der Waals surface area contributed by atoms with Crippen molar-refractivity contribution in [1.82, 2.24) is 5.32 Å². The first-order valence-electron chi connectivity index (χ1n) is 6.35. The molecule has 2 aromatic rings. The Morgan fingerprint density at radius 1 is 1.35 bits per heavy atom. The van der Waals surface area contributed by atoms with E-state index in [1.807, 2.05) is 24.3 Å². The van der Waals surface area contributed by atoms with Gasteiger partial charge in [-0.25, -0.2) is 0 Å². The van der Waals surface area contributed by atoms with Crippen LogP contribution in [0, 0.1) is 0 Å². The van der Waals surface area contributed by atoms with E-state index >= 15 is 0 Å². The SMILES string of the molecule is COCc1cccc(CNC(=O)c2coc(CN)c2)c1. The lowest BCUT2D eigenvalue weighted by Gasteiger charge is -2.06. The molecule has 0 atom stereocenters. The standard InChI is InChI=1S/C15H18N2O3/c1-19-9-12-4-2-3-11(5-12)8-17-15(18)13-6-14(7-16)20-10-13/h2-6,10H,7-9,16H2,1H3,(H,17,18). The fourth-order valence-electron chi connectivity index (χ4n) is 1.89. The largest absolute Gasteiger partial charge is 0.467 e. The van der Waals surface area contributed by atoms with Crippen LogP contribution in [-0.2, 0) is 24.4 Å². The number of furan rings is 1. The van der Waals surface area contributed by atoms with E-state index in [9.17, 15) is 4.79 Å². The highest BCUT2D eigenvalue weighted by Gasteiger charge is 2.09. The number of methoxy groups -OCH3 is 1. The van der Waals surface area contributed by atoms with Gasteiger partial charge in [0.15, 0.2) is 0 Å². The predicted octanol–water partition coefficient (Wildman–Crippen LogP) is 1.81. The summed E-state index contributed by atoms with van der Waals surface area (Å²) < 4.78 is 10.2. The highest BCUT2D eigenvalue weighted by atomic mass is 16.5. The molecule has 1 aromatic carbocycles. The number of benzene rings is 1. The highest BCUT2D eigenvalue weighted by Crippen LogP contribution is 2.09. The van der Waals surface area contributed by atoms with Gasteiger partial charge in [0, 0.05) is 13.7 Å². The van der Waals surface area contributed by atoms with Gasteiger partial charge in [-0.3, -0.25) is 4.79 Å². The average molecular weight is 274 g/mol. The van der Waals surface area contributed by atoms with Crippen LogP contribution in [0.5, 0.6) is 0 Å². The van der Waals surface area contributed by atoms with Crippen molar-refractivity contribution in [2.24, 2.45) is 5.73 Å². The molecule has 0 spiro atoms. The van der Waals surface area contributed by atoms with Crippen LogP contribution < -0.4 is 11.1 Å². The zero-order chi connectivity index (χ0) is 14.4. The third-order valence-corrected chi connectivity index (χ3v) is 2.87. The molecule has 0 aliphatic rings. The summed E-state index contributed by atoms with van der Waals surface area (Å²) in [6.07, 6.45) is 1.42. The summed E-state index contributed by atoms with van der Waals surface area (Å²) in [6.45, 7) is 1.30. The first-order valence-corrected chi connectivity index (χ1v) is 6.35. The molecule has 1 aromatic heterocycles. The normalized spacial score (nSPS) is 10.5. The molecular formula is C15H18N2O3. The van der Waals surface area contributed by atoms with E-state index in [-0.39, 0.29) is 12.5 Å². The minimum absolute atomic E-state index is 0.175. The third kappa shape index (κ3) is 3.69. The Kier molecular flexibility index (Phi) is 4.92. The van der Waals surface area contributed by atoms with E-state index in [0.717, 1.165) is 11.1 Å². The van der Waals surface area contributed by atoms with E-state index in [0.29, 0.717) is 24.5 Å². The zero-order valence-corrected chi connectivity index (χ0v) is 11.4. The molecule has 3 N–H and O–H groups in total. The number of ether oxygens (including phenoxy) is 1. The molecule has 0 aliphatic carbocycles. The van der Waals surface area contributed by atoms with Crippen LogP contribution in [0.3, 0.4) is 0 Å². The summed E-state index contributed by atoms with van der Waals surface area (Å²) in [7, 11) is 1.66. The Hall–Kier alpha value is -2.11. The van der Waals surface area contributed by atoms with Gasteiger partial charge in [-0.1, -0.05) is 24.3 Å². The Morgan fingerprint density at radius 2 is 2.15 bits per heavy atom. The molecule has 0 bridgehead atoms. The van der Waals surface area contributed by atoms with Crippen molar-refractivity contribution in [1.29, 1.82) is 0 Å². The number of nitrogens with two attached hydrogens (primary N) is 1. The van der Waals surface area contributed by atoms with Crippen LogP contribution in [-0.4, -0.2) is 13.0 Å². The van der Waals surface area contributed by atoms with Crippen molar-refractivity contribution in [3.8, 4) is 0 Å². The molecular weight excluding hydrogens is 256 g/mol.